The van der Waals surface area contributed by atoms with Gasteiger partial charge in [0, 0.05) is 10.7 Å². The number of esters is 1. The van der Waals surface area contributed by atoms with E-state index < -0.39 is 5.97 Å². The number of imidazole rings is 1. The normalized spacial score (nSPS) is 10.9. The Morgan fingerprint density at radius 3 is 2.77 bits per heavy atom. The molecule has 3 aromatic heterocycles. The van der Waals surface area contributed by atoms with Gasteiger partial charge in [0.15, 0.2) is 5.13 Å². The molecular formula is C17H17BrN4O3S. The third-order valence-corrected chi connectivity index (χ3v) is 5.20. The minimum atomic E-state index is -0.434. The van der Waals surface area contributed by atoms with Gasteiger partial charge in [-0.05, 0) is 48.3 Å². The first-order valence-corrected chi connectivity index (χ1v) is 9.67. The van der Waals surface area contributed by atoms with E-state index in [9.17, 15) is 9.59 Å². The number of aromatic nitrogens is 3. The summed E-state index contributed by atoms with van der Waals surface area (Å²) in [6, 6.07) is 3.71. The molecule has 0 aliphatic carbocycles. The number of rotatable bonds is 5. The summed E-state index contributed by atoms with van der Waals surface area (Å²) in [5.74, 6) is -0.757. The van der Waals surface area contributed by atoms with Gasteiger partial charge in [-0.15, -0.1) is 0 Å². The molecule has 3 aromatic rings. The number of carbonyl (C=O) groups excluding carboxylic acids is 2. The lowest BCUT2D eigenvalue weighted by atomic mass is 10.2. The Morgan fingerprint density at radius 1 is 1.31 bits per heavy atom. The van der Waals surface area contributed by atoms with Crippen molar-refractivity contribution in [3.63, 3.8) is 0 Å². The summed E-state index contributed by atoms with van der Waals surface area (Å²) in [6.07, 6.45) is 2.42. The highest BCUT2D eigenvalue weighted by atomic mass is 79.9. The maximum atomic E-state index is 12.9. The van der Waals surface area contributed by atoms with Crippen LogP contribution < -0.4 is 5.32 Å². The van der Waals surface area contributed by atoms with Crippen molar-refractivity contribution in [1.82, 2.24) is 14.4 Å². The molecule has 3 rings (SSSR count). The molecule has 0 saturated carbocycles. The van der Waals surface area contributed by atoms with Crippen molar-refractivity contribution in [1.29, 1.82) is 0 Å². The van der Waals surface area contributed by atoms with Crippen LogP contribution in [0.3, 0.4) is 0 Å². The predicted molar refractivity (Wildman–Crippen MR) is 103 cm³/mol. The highest BCUT2D eigenvalue weighted by molar-refractivity contribution is 9.10. The van der Waals surface area contributed by atoms with E-state index in [1.165, 1.54) is 0 Å². The van der Waals surface area contributed by atoms with Gasteiger partial charge in [0.1, 0.15) is 16.2 Å². The number of nitrogens with one attached hydrogen (secondary N) is 1. The first-order valence-electron chi connectivity index (χ1n) is 8.07. The van der Waals surface area contributed by atoms with E-state index in [-0.39, 0.29) is 12.5 Å². The van der Waals surface area contributed by atoms with Crippen molar-refractivity contribution in [3.05, 3.63) is 44.8 Å². The molecule has 0 aliphatic heterocycles. The number of fused-ring (bicyclic) bond motifs is 1. The van der Waals surface area contributed by atoms with Crippen molar-refractivity contribution >= 4 is 49.9 Å². The van der Waals surface area contributed by atoms with Crippen LogP contribution in [-0.4, -0.2) is 32.9 Å². The first-order chi connectivity index (χ1) is 12.4. The van der Waals surface area contributed by atoms with Crippen LogP contribution in [0.5, 0.6) is 0 Å². The number of hydrogen-bond acceptors (Lipinski definition) is 6. The number of halogens is 1. The van der Waals surface area contributed by atoms with Gasteiger partial charge in [-0.1, -0.05) is 18.3 Å². The largest absolute Gasteiger partial charge is 0.462 e. The summed E-state index contributed by atoms with van der Waals surface area (Å²) in [4.78, 5) is 33.9. The lowest BCUT2D eigenvalue weighted by molar-refractivity contribution is 0.0531. The molecule has 3 heterocycles. The van der Waals surface area contributed by atoms with Crippen LogP contribution in [0.25, 0.3) is 5.65 Å². The Kier molecular flexibility index (Phi) is 5.38. The van der Waals surface area contributed by atoms with Crippen LogP contribution in [-0.2, 0) is 11.2 Å². The van der Waals surface area contributed by atoms with Crippen LogP contribution in [0.4, 0.5) is 5.13 Å². The van der Waals surface area contributed by atoms with E-state index in [1.54, 1.807) is 24.4 Å². The fraction of sp³-hybridized carbons (Fsp3) is 0.294. The molecule has 0 atom stereocenters. The second kappa shape index (κ2) is 7.55. The number of thiazole rings is 1. The van der Waals surface area contributed by atoms with Crippen LogP contribution in [0.1, 0.15) is 45.4 Å². The molecule has 0 spiro atoms. The minimum Gasteiger partial charge on any atom is -0.462 e. The van der Waals surface area contributed by atoms with Gasteiger partial charge in [0.25, 0.3) is 5.91 Å². The third-order valence-electron chi connectivity index (χ3n) is 3.68. The topological polar surface area (TPSA) is 85.6 Å². The Balaban J connectivity index is 1.94. The van der Waals surface area contributed by atoms with Gasteiger partial charge < -0.3 is 4.74 Å². The van der Waals surface area contributed by atoms with Crippen LogP contribution >= 0.6 is 27.3 Å². The van der Waals surface area contributed by atoms with E-state index in [4.69, 9.17) is 4.74 Å². The molecule has 136 valence electrons. The molecule has 0 radical (unpaired) electrons. The quantitative estimate of drug-likeness (QED) is 0.613. The van der Waals surface area contributed by atoms with E-state index >= 15 is 0 Å². The number of amides is 1. The van der Waals surface area contributed by atoms with Crippen molar-refractivity contribution < 1.29 is 14.3 Å². The van der Waals surface area contributed by atoms with Gasteiger partial charge in [-0.25, -0.2) is 14.8 Å². The number of pyridine rings is 1. The maximum Gasteiger partial charge on any atom is 0.350 e. The zero-order valence-corrected chi connectivity index (χ0v) is 16.9. The fourth-order valence-corrected chi connectivity index (χ4v) is 3.74. The Hall–Kier alpha value is -2.26. The second-order valence-electron chi connectivity index (χ2n) is 5.44. The average molecular weight is 437 g/mol. The summed E-state index contributed by atoms with van der Waals surface area (Å²) < 4.78 is 7.59. The minimum absolute atomic E-state index is 0.286. The van der Waals surface area contributed by atoms with Crippen molar-refractivity contribution in [2.24, 2.45) is 0 Å². The van der Waals surface area contributed by atoms with Gasteiger partial charge in [0.05, 0.1) is 18.0 Å². The fourth-order valence-electron chi connectivity index (χ4n) is 2.55. The molecule has 0 bridgehead atoms. The highest BCUT2D eigenvalue weighted by Crippen LogP contribution is 2.25. The molecule has 7 nitrogen and oxygen atoms in total. The number of hydrogen-bond donors (Lipinski definition) is 1. The number of ether oxygens (including phenoxy) is 1. The molecule has 0 aromatic carbocycles. The predicted octanol–water partition coefficient (Wildman–Crippen LogP) is 3.85. The zero-order chi connectivity index (χ0) is 18.8. The summed E-state index contributed by atoms with van der Waals surface area (Å²) in [5, 5.41) is 3.12. The molecule has 0 unspecified atom stereocenters. The molecule has 0 saturated heterocycles. The van der Waals surface area contributed by atoms with E-state index in [2.05, 4.69) is 31.2 Å². The van der Waals surface area contributed by atoms with Gasteiger partial charge >= 0.3 is 5.97 Å². The highest BCUT2D eigenvalue weighted by Gasteiger charge is 2.22. The summed E-state index contributed by atoms with van der Waals surface area (Å²) >= 11 is 4.51. The van der Waals surface area contributed by atoms with Crippen LogP contribution in [0.15, 0.2) is 22.8 Å². The molecule has 1 amide bonds. The summed E-state index contributed by atoms with van der Waals surface area (Å²) in [7, 11) is 0. The summed E-state index contributed by atoms with van der Waals surface area (Å²) in [6.45, 7) is 5.68. The number of nitrogens with zero attached hydrogens (tertiary/aromatic N) is 3. The molecule has 26 heavy (non-hydrogen) atoms. The van der Waals surface area contributed by atoms with Crippen molar-refractivity contribution in [3.8, 4) is 0 Å². The van der Waals surface area contributed by atoms with E-state index in [1.807, 2.05) is 19.1 Å². The zero-order valence-electron chi connectivity index (χ0n) is 14.5. The number of aryl methyl sites for hydroxylation is 2. The molecule has 1 N–H and O–H groups in total. The van der Waals surface area contributed by atoms with Crippen LogP contribution in [0, 0.1) is 6.92 Å². The monoisotopic (exact) mass is 436 g/mol. The SMILES string of the molecule is CCOC(=O)c1sc(NC(=O)c2c(CC)nc3ccc(Br)cn23)nc1C. The number of anilines is 1. The maximum absolute atomic E-state index is 12.9. The summed E-state index contributed by atoms with van der Waals surface area (Å²) in [5.41, 5.74) is 2.37. The Bertz CT molecular complexity index is 995. The smallest absolute Gasteiger partial charge is 0.350 e. The Morgan fingerprint density at radius 2 is 2.08 bits per heavy atom. The van der Waals surface area contributed by atoms with Gasteiger partial charge in [-0.2, -0.15) is 0 Å². The lowest BCUT2D eigenvalue weighted by Gasteiger charge is -2.04. The van der Waals surface area contributed by atoms with E-state index in [0.29, 0.717) is 39.2 Å². The van der Waals surface area contributed by atoms with Gasteiger partial charge in [0.2, 0.25) is 0 Å². The van der Waals surface area contributed by atoms with Crippen molar-refractivity contribution in [2.75, 3.05) is 11.9 Å². The molecule has 9 heteroatoms. The number of carbonyl (C=O) groups is 2. The third kappa shape index (κ3) is 3.49. The first kappa shape index (κ1) is 18.5. The lowest BCUT2D eigenvalue weighted by Crippen LogP contribution is -2.16. The average Bonchev–Trinajstić information content (AvgIpc) is 3.14. The van der Waals surface area contributed by atoms with Crippen molar-refractivity contribution in [2.45, 2.75) is 27.2 Å². The Labute approximate surface area is 162 Å². The van der Waals surface area contributed by atoms with Crippen LogP contribution in [0.2, 0.25) is 0 Å². The second-order valence-corrected chi connectivity index (χ2v) is 7.36. The molecular weight excluding hydrogens is 420 g/mol. The standard InChI is InChI=1S/C17H17BrN4O3S/c1-4-11-13(22-8-10(18)6-7-12(22)20-11)15(23)21-17-19-9(3)14(26-17)16(24)25-5-2/h6-8H,4-5H2,1-3H3,(H,19,21,23). The van der Waals surface area contributed by atoms with E-state index in [0.717, 1.165) is 15.8 Å². The van der Waals surface area contributed by atoms with Gasteiger partial charge in [-0.3, -0.25) is 14.5 Å². The molecule has 0 fully saturated rings. The molecule has 0 aliphatic rings.